The van der Waals surface area contributed by atoms with Crippen LogP contribution in [0.2, 0.25) is 0 Å². The third kappa shape index (κ3) is 5.25. The van der Waals surface area contributed by atoms with Crippen LogP contribution in [0, 0.1) is 0 Å². The number of hydrogen-bond acceptors (Lipinski definition) is 3. The van der Waals surface area contributed by atoms with Crippen LogP contribution < -0.4 is 0 Å². The van der Waals surface area contributed by atoms with Gasteiger partial charge in [0.25, 0.3) is 0 Å². The monoisotopic (exact) mass is 789 g/mol. The Kier molecular flexibility index (Phi) is 7.54. The van der Waals surface area contributed by atoms with Crippen molar-refractivity contribution in [2.45, 2.75) is 0 Å². The second-order valence-corrected chi connectivity index (χ2v) is 16.0. The number of nitrogens with zero attached hydrogens (tertiary/aromatic N) is 5. The minimum Gasteiger partial charge on any atom is -0.309 e. The molecule has 0 N–H and O–H groups in total. The van der Waals surface area contributed by atoms with Gasteiger partial charge in [-0.2, -0.15) is 0 Å². The first-order chi connectivity index (χ1) is 30.7. The molecule has 0 saturated carbocycles. The molecule has 5 nitrogen and oxygen atoms in total. The van der Waals surface area contributed by atoms with Crippen LogP contribution in [0.3, 0.4) is 0 Å². The molecule has 0 unspecified atom stereocenters. The van der Waals surface area contributed by atoms with Crippen LogP contribution in [0.4, 0.5) is 0 Å². The summed E-state index contributed by atoms with van der Waals surface area (Å²) in [7, 11) is 0. The molecule has 0 amide bonds. The van der Waals surface area contributed by atoms with E-state index in [0.717, 1.165) is 49.7 Å². The molecule has 10 aromatic carbocycles. The highest BCUT2D eigenvalue weighted by Gasteiger charge is 2.23. The van der Waals surface area contributed by atoms with Gasteiger partial charge in [0, 0.05) is 49.3 Å². The maximum Gasteiger partial charge on any atom is 0.164 e. The van der Waals surface area contributed by atoms with Gasteiger partial charge in [0.05, 0.1) is 27.8 Å². The summed E-state index contributed by atoms with van der Waals surface area (Å²) in [5, 5.41) is 12.1. The van der Waals surface area contributed by atoms with Gasteiger partial charge < -0.3 is 9.13 Å². The first-order valence-corrected chi connectivity index (χ1v) is 21.0. The van der Waals surface area contributed by atoms with Gasteiger partial charge in [-0.3, -0.25) is 0 Å². The van der Waals surface area contributed by atoms with E-state index < -0.39 is 0 Å². The van der Waals surface area contributed by atoms with E-state index >= 15 is 0 Å². The maximum atomic E-state index is 5.14. The highest BCUT2D eigenvalue weighted by atomic mass is 15.0. The molecule has 288 valence electrons. The topological polar surface area (TPSA) is 48.5 Å². The predicted molar refractivity (Wildman–Crippen MR) is 257 cm³/mol. The second kappa shape index (κ2) is 13.6. The number of benzene rings is 10. The summed E-state index contributed by atoms with van der Waals surface area (Å²) in [5.74, 6) is 1.92. The van der Waals surface area contributed by atoms with Gasteiger partial charge in [-0.05, 0) is 81.5 Å². The number of fused-ring (bicyclic) bond motifs is 11. The quantitative estimate of drug-likeness (QED) is 0.174. The highest BCUT2D eigenvalue weighted by Crippen LogP contribution is 2.45. The Bertz CT molecular complexity index is 3920. The van der Waals surface area contributed by atoms with Gasteiger partial charge in [0.1, 0.15) is 0 Å². The second-order valence-electron chi connectivity index (χ2n) is 16.0. The zero-order chi connectivity index (χ0) is 40.7. The molecule has 0 radical (unpaired) electrons. The van der Waals surface area contributed by atoms with Crippen LogP contribution in [0.5, 0.6) is 0 Å². The van der Waals surface area contributed by atoms with Crippen molar-refractivity contribution < 1.29 is 0 Å². The molecule has 0 aliphatic heterocycles. The average Bonchev–Trinajstić information content (AvgIpc) is 3.87. The Hall–Kier alpha value is -8.41. The molecule has 13 aromatic rings. The van der Waals surface area contributed by atoms with E-state index in [0.29, 0.717) is 17.5 Å². The Morgan fingerprint density at radius 2 is 0.806 bits per heavy atom. The summed E-state index contributed by atoms with van der Waals surface area (Å²) in [6.07, 6.45) is 0. The standard InChI is InChI=1S/C57H35N5/c1-3-16-38(17-4-1)55-58-56(41-27-26-36-14-7-8-18-39(36)34-41)60-57(59-55)42-28-30-44-40(35-42)19-13-25-47(44)62-48-24-12-11-23-46(48)53-50(62)32-33-51-54(53)52-45-22-10-9-15-37(45)29-31-49(52)61(51)43-20-5-2-6-21-43/h1-35H. The zero-order valence-corrected chi connectivity index (χ0v) is 33.4. The summed E-state index contributed by atoms with van der Waals surface area (Å²) in [5.41, 5.74) is 9.82. The lowest BCUT2D eigenvalue weighted by atomic mass is 10.0. The van der Waals surface area contributed by atoms with E-state index in [1.54, 1.807) is 0 Å². The molecule has 13 rings (SSSR count). The van der Waals surface area contributed by atoms with Gasteiger partial charge in [0.2, 0.25) is 0 Å². The molecule has 62 heavy (non-hydrogen) atoms. The van der Waals surface area contributed by atoms with Crippen molar-refractivity contribution in [1.82, 2.24) is 24.1 Å². The number of aromatic nitrogens is 5. The van der Waals surface area contributed by atoms with Crippen molar-refractivity contribution >= 4 is 75.9 Å². The largest absolute Gasteiger partial charge is 0.309 e. The first kappa shape index (κ1) is 34.5. The maximum absolute atomic E-state index is 5.14. The number of rotatable bonds is 5. The lowest BCUT2D eigenvalue weighted by Crippen LogP contribution is -2.00. The van der Waals surface area contributed by atoms with Gasteiger partial charge in [-0.25, -0.2) is 15.0 Å². The van der Waals surface area contributed by atoms with Gasteiger partial charge in [0.15, 0.2) is 17.5 Å². The molecular weight excluding hydrogens is 755 g/mol. The fourth-order valence-electron chi connectivity index (χ4n) is 9.72. The molecule has 0 fully saturated rings. The Balaban J connectivity index is 1.04. The van der Waals surface area contributed by atoms with Crippen molar-refractivity contribution in [1.29, 1.82) is 0 Å². The molecule has 3 heterocycles. The zero-order valence-electron chi connectivity index (χ0n) is 33.4. The van der Waals surface area contributed by atoms with E-state index in [1.165, 1.54) is 54.3 Å². The average molecular weight is 790 g/mol. The Morgan fingerprint density at radius 3 is 1.60 bits per heavy atom. The van der Waals surface area contributed by atoms with Crippen LogP contribution in [-0.4, -0.2) is 24.1 Å². The number of para-hydroxylation sites is 2. The SMILES string of the molecule is c1ccc(-c2nc(-c3ccc4ccccc4c3)nc(-c3ccc4c(-n5c6ccccc6c6c7c8c9ccccc9ccc8n(-c8ccccc8)c7ccc65)cccc4c3)n2)cc1. The first-order valence-electron chi connectivity index (χ1n) is 21.0. The van der Waals surface area contributed by atoms with Crippen molar-refractivity contribution in [2.75, 3.05) is 0 Å². The van der Waals surface area contributed by atoms with Crippen LogP contribution >= 0.6 is 0 Å². The van der Waals surface area contributed by atoms with Gasteiger partial charge in [-0.1, -0.05) is 158 Å². The van der Waals surface area contributed by atoms with E-state index in [9.17, 15) is 0 Å². The smallest absolute Gasteiger partial charge is 0.164 e. The van der Waals surface area contributed by atoms with Crippen LogP contribution in [0.25, 0.3) is 121 Å². The van der Waals surface area contributed by atoms with Gasteiger partial charge in [-0.15, -0.1) is 0 Å². The minimum absolute atomic E-state index is 0.635. The summed E-state index contributed by atoms with van der Waals surface area (Å²) in [6.45, 7) is 0. The molecule has 0 aliphatic rings. The van der Waals surface area contributed by atoms with Crippen molar-refractivity contribution in [2.24, 2.45) is 0 Å². The third-order valence-corrected chi connectivity index (χ3v) is 12.5. The summed E-state index contributed by atoms with van der Waals surface area (Å²) < 4.78 is 4.88. The van der Waals surface area contributed by atoms with E-state index in [4.69, 9.17) is 15.0 Å². The molecule has 0 atom stereocenters. The normalized spacial score (nSPS) is 11.9. The molecule has 0 bridgehead atoms. The Labute approximate surface area is 356 Å². The lowest BCUT2D eigenvalue weighted by Gasteiger charge is -2.13. The molecule has 0 spiro atoms. The van der Waals surface area contributed by atoms with Crippen molar-refractivity contribution in [3.8, 4) is 45.5 Å². The van der Waals surface area contributed by atoms with E-state index in [2.05, 4.69) is 203 Å². The highest BCUT2D eigenvalue weighted by molar-refractivity contribution is 6.33. The van der Waals surface area contributed by atoms with Gasteiger partial charge >= 0.3 is 0 Å². The molecule has 5 heteroatoms. The number of hydrogen-bond donors (Lipinski definition) is 0. The summed E-state index contributed by atoms with van der Waals surface area (Å²) in [6, 6.07) is 75.7. The third-order valence-electron chi connectivity index (χ3n) is 12.5. The van der Waals surface area contributed by atoms with Crippen LogP contribution in [0.1, 0.15) is 0 Å². The van der Waals surface area contributed by atoms with E-state index in [-0.39, 0.29) is 0 Å². The lowest BCUT2D eigenvalue weighted by molar-refractivity contribution is 1.07. The molecule has 0 saturated heterocycles. The summed E-state index contributed by atoms with van der Waals surface area (Å²) >= 11 is 0. The molecular formula is C57H35N5. The van der Waals surface area contributed by atoms with Crippen molar-refractivity contribution in [3.63, 3.8) is 0 Å². The summed E-state index contributed by atoms with van der Waals surface area (Å²) in [4.78, 5) is 15.3. The van der Waals surface area contributed by atoms with E-state index in [1.807, 2.05) is 18.2 Å². The fourth-order valence-corrected chi connectivity index (χ4v) is 9.72. The molecule has 0 aliphatic carbocycles. The molecule has 3 aromatic heterocycles. The minimum atomic E-state index is 0.635. The van der Waals surface area contributed by atoms with Crippen molar-refractivity contribution in [3.05, 3.63) is 212 Å². The Morgan fingerprint density at radius 1 is 0.274 bits per heavy atom. The fraction of sp³-hybridized carbons (Fsp3) is 0. The predicted octanol–water partition coefficient (Wildman–Crippen LogP) is 14.5. The van der Waals surface area contributed by atoms with Crippen LogP contribution in [0.15, 0.2) is 212 Å². The van der Waals surface area contributed by atoms with Crippen LogP contribution in [-0.2, 0) is 0 Å².